The van der Waals surface area contributed by atoms with Crippen molar-refractivity contribution in [2.75, 3.05) is 17.2 Å². The molecule has 1 aromatic heterocycles. The number of nitrogens with zero attached hydrogens (tertiary/aromatic N) is 1. The van der Waals surface area contributed by atoms with Crippen LogP contribution in [0.3, 0.4) is 0 Å². The molecule has 0 atom stereocenters. The van der Waals surface area contributed by atoms with E-state index in [0.29, 0.717) is 35.8 Å². The summed E-state index contributed by atoms with van der Waals surface area (Å²) in [5.74, 6) is 0.0505. The average molecular weight is 375 g/mol. The van der Waals surface area contributed by atoms with Crippen molar-refractivity contribution in [2.24, 2.45) is 0 Å². The molecular formula is C22H21N3O3. The molecule has 0 saturated heterocycles. The van der Waals surface area contributed by atoms with Gasteiger partial charge in [0.1, 0.15) is 5.82 Å². The van der Waals surface area contributed by atoms with Crippen LogP contribution in [0.1, 0.15) is 22.8 Å². The first-order valence-electron chi connectivity index (χ1n) is 8.98. The van der Waals surface area contributed by atoms with Crippen LogP contribution in [-0.4, -0.2) is 23.5 Å². The number of hydrogen-bond donors (Lipinski definition) is 2. The predicted molar refractivity (Wildman–Crippen MR) is 109 cm³/mol. The number of pyridine rings is 1. The number of carbonyl (C=O) groups is 2. The molecule has 6 heteroatoms. The quantitative estimate of drug-likeness (QED) is 0.606. The lowest BCUT2D eigenvalue weighted by molar-refractivity contribution is -0.115. The highest BCUT2D eigenvalue weighted by Crippen LogP contribution is 2.21. The number of carbonyl (C=O) groups excluding carboxylic acids is 2. The first-order valence-corrected chi connectivity index (χ1v) is 8.98. The van der Waals surface area contributed by atoms with Crippen LogP contribution in [0.5, 0.6) is 0 Å². The zero-order valence-corrected chi connectivity index (χ0v) is 15.5. The number of para-hydroxylation sites is 1. The zero-order chi connectivity index (χ0) is 19.8. The average Bonchev–Trinajstić information content (AvgIpc) is 2.71. The van der Waals surface area contributed by atoms with Crippen LogP contribution in [0.2, 0.25) is 0 Å². The molecule has 0 aliphatic rings. The van der Waals surface area contributed by atoms with E-state index < -0.39 is 5.97 Å². The van der Waals surface area contributed by atoms with E-state index in [4.69, 9.17) is 4.74 Å². The monoisotopic (exact) mass is 375 g/mol. The standard InChI is InChI=1S/C22H21N3O3/c1-2-28-22(27)18-10-6-7-11-19(18)25-20-13-12-17(15-23-20)24-21(26)14-16-8-4-3-5-9-16/h3-13,15H,2,14H2,1H3,(H,23,25)(H,24,26). The number of aromatic nitrogens is 1. The van der Waals surface area contributed by atoms with Gasteiger partial charge in [0, 0.05) is 0 Å². The second kappa shape index (κ2) is 9.32. The molecule has 0 aliphatic heterocycles. The molecule has 1 amide bonds. The van der Waals surface area contributed by atoms with E-state index in [9.17, 15) is 9.59 Å². The van der Waals surface area contributed by atoms with E-state index in [1.807, 2.05) is 36.4 Å². The number of anilines is 3. The maximum atomic E-state index is 12.1. The van der Waals surface area contributed by atoms with E-state index in [2.05, 4.69) is 15.6 Å². The Morgan fingerprint density at radius 1 is 0.964 bits per heavy atom. The molecule has 3 rings (SSSR count). The van der Waals surface area contributed by atoms with Gasteiger partial charge in [0.25, 0.3) is 0 Å². The minimum absolute atomic E-state index is 0.110. The third-order valence-electron chi connectivity index (χ3n) is 3.94. The molecule has 142 valence electrons. The van der Waals surface area contributed by atoms with Gasteiger partial charge in [0.15, 0.2) is 0 Å². The van der Waals surface area contributed by atoms with Crippen molar-refractivity contribution in [1.82, 2.24) is 4.98 Å². The van der Waals surface area contributed by atoms with Gasteiger partial charge in [-0.05, 0) is 36.8 Å². The summed E-state index contributed by atoms with van der Waals surface area (Å²) in [5, 5.41) is 5.93. The minimum atomic E-state index is -0.393. The lowest BCUT2D eigenvalue weighted by Crippen LogP contribution is -2.14. The summed E-state index contributed by atoms with van der Waals surface area (Å²) < 4.78 is 5.07. The number of ether oxygens (including phenoxy) is 1. The minimum Gasteiger partial charge on any atom is -0.462 e. The van der Waals surface area contributed by atoms with Gasteiger partial charge in [-0.2, -0.15) is 0 Å². The lowest BCUT2D eigenvalue weighted by Gasteiger charge is -2.11. The Labute approximate surface area is 163 Å². The van der Waals surface area contributed by atoms with Crippen LogP contribution in [-0.2, 0) is 16.0 Å². The Balaban J connectivity index is 1.64. The number of esters is 1. The highest BCUT2D eigenvalue weighted by atomic mass is 16.5. The normalized spacial score (nSPS) is 10.2. The van der Waals surface area contributed by atoms with Gasteiger partial charge in [-0.3, -0.25) is 4.79 Å². The number of nitrogens with one attached hydrogen (secondary N) is 2. The van der Waals surface area contributed by atoms with Crippen LogP contribution in [0.15, 0.2) is 72.9 Å². The molecule has 0 spiro atoms. The SMILES string of the molecule is CCOC(=O)c1ccccc1Nc1ccc(NC(=O)Cc2ccccc2)cn1. The van der Waals surface area contributed by atoms with Gasteiger partial charge in [-0.15, -0.1) is 0 Å². The summed E-state index contributed by atoms with van der Waals surface area (Å²) in [7, 11) is 0. The van der Waals surface area contributed by atoms with Crippen molar-refractivity contribution in [1.29, 1.82) is 0 Å². The van der Waals surface area contributed by atoms with Gasteiger partial charge >= 0.3 is 5.97 Å². The fourth-order valence-electron chi connectivity index (χ4n) is 2.65. The summed E-state index contributed by atoms with van der Waals surface area (Å²) in [4.78, 5) is 28.5. The van der Waals surface area contributed by atoms with Crippen molar-refractivity contribution >= 4 is 29.1 Å². The molecule has 2 aromatic carbocycles. The topological polar surface area (TPSA) is 80.3 Å². The van der Waals surface area contributed by atoms with Gasteiger partial charge < -0.3 is 15.4 Å². The van der Waals surface area contributed by atoms with Gasteiger partial charge in [0.2, 0.25) is 5.91 Å². The molecule has 0 saturated carbocycles. The highest BCUT2D eigenvalue weighted by molar-refractivity contribution is 5.96. The Morgan fingerprint density at radius 2 is 1.71 bits per heavy atom. The summed E-state index contributed by atoms with van der Waals surface area (Å²) in [5.41, 5.74) is 2.59. The third kappa shape index (κ3) is 5.17. The largest absolute Gasteiger partial charge is 0.462 e. The van der Waals surface area contributed by atoms with Crippen molar-refractivity contribution in [3.63, 3.8) is 0 Å². The molecular weight excluding hydrogens is 354 g/mol. The Hall–Kier alpha value is -3.67. The van der Waals surface area contributed by atoms with Crippen LogP contribution in [0.4, 0.5) is 17.2 Å². The first-order chi connectivity index (χ1) is 13.7. The summed E-state index contributed by atoms with van der Waals surface area (Å²) in [6.45, 7) is 2.07. The molecule has 0 bridgehead atoms. The molecule has 6 nitrogen and oxygen atoms in total. The van der Waals surface area contributed by atoms with E-state index in [1.54, 1.807) is 43.5 Å². The molecule has 0 fully saturated rings. The Morgan fingerprint density at radius 3 is 2.43 bits per heavy atom. The van der Waals surface area contributed by atoms with Crippen LogP contribution in [0.25, 0.3) is 0 Å². The lowest BCUT2D eigenvalue weighted by atomic mass is 10.1. The van der Waals surface area contributed by atoms with Crippen molar-refractivity contribution in [3.8, 4) is 0 Å². The molecule has 2 N–H and O–H groups in total. The Bertz CT molecular complexity index is 941. The predicted octanol–water partition coefficient (Wildman–Crippen LogP) is 4.18. The van der Waals surface area contributed by atoms with Crippen molar-refractivity contribution < 1.29 is 14.3 Å². The van der Waals surface area contributed by atoms with Crippen molar-refractivity contribution in [3.05, 3.63) is 84.1 Å². The molecule has 0 aliphatic carbocycles. The van der Waals surface area contributed by atoms with Crippen molar-refractivity contribution in [2.45, 2.75) is 13.3 Å². The fourth-order valence-corrected chi connectivity index (χ4v) is 2.65. The maximum absolute atomic E-state index is 12.1. The van der Waals surface area contributed by atoms with E-state index in [1.165, 1.54) is 0 Å². The molecule has 0 radical (unpaired) electrons. The first kappa shape index (κ1) is 19.1. The van der Waals surface area contributed by atoms with E-state index in [0.717, 1.165) is 5.56 Å². The smallest absolute Gasteiger partial charge is 0.340 e. The zero-order valence-electron chi connectivity index (χ0n) is 15.5. The number of rotatable bonds is 7. The fraction of sp³-hybridized carbons (Fsp3) is 0.136. The van der Waals surface area contributed by atoms with Crippen LogP contribution >= 0.6 is 0 Å². The highest BCUT2D eigenvalue weighted by Gasteiger charge is 2.12. The molecule has 28 heavy (non-hydrogen) atoms. The van der Waals surface area contributed by atoms with Gasteiger partial charge in [-0.1, -0.05) is 42.5 Å². The summed E-state index contributed by atoms with van der Waals surface area (Å²) >= 11 is 0. The summed E-state index contributed by atoms with van der Waals surface area (Å²) in [6.07, 6.45) is 1.87. The van der Waals surface area contributed by atoms with E-state index in [-0.39, 0.29) is 5.91 Å². The summed E-state index contributed by atoms with van der Waals surface area (Å²) in [6, 6.07) is 20.1. The van der Waals surface area contributed by atoms with E-state index >= 15 is 0 Å². The van der Waals surface area contributed by atoms with Gasteiger partial charge in [-0.25, -0.2) is 9.78 Å². The third-order valence-corrected chi connectivity index (χ3v) is 3.94. The maximum Gasteiger partial charge on any atom is 0.340 e. The Kier molecular flexibility index (Phi) is 6.36. The molecule has 1 heterocycles. The second-order valence-electron chi connectivity index (χ2n) is 6.03. The van der Waals surface area contributed by atoms with Crippen LogP contribution in [0, 0.1) is 0 Å². The van der Waals surface area contributed by atoms with Gasteiger partial charge in [0.05, 0.1) is 36.2 Å². The number of hydrogen-bond acceptors (Lipinski definition) is 5. The second-order valence-corrected chi connectivity index (χ2v) is 6.03. The number of benzene rings is 2. The molecule has 0 unspecified atom stereocenters. The molecule has 3 aromatic rings. The number of amides is 1. The van der Waals surface area contributed by atoms with Crippen LogP contribution < -0.4 is 10.6 Å².